The van der Waals surface area contributed by atoms with Crippen LogP contribution in [0.2, 0.25) is 0 Å². The minimum atomic E-state index is 0.812. The maximum atomic E-state index is 5.42. The molecule has 0 radical (unpaired) electrons. The number of aliphatic imine (C=N–C) groups is 1. The Morgan fingerprint density at radius 3 is 1.92 bits per heavy atom. The Bertz CT molecular complexity index is 2600. The van der Waals surface area contributed by atoms with Gasteiger partial charge in [-0.3, -0.25) is 0 Å². The van der Waals surface area contributed by atoms with Gasteiger partial charge < -0.3 is 4.57 Å². The molecule has 0 unspecified atom stereocenters. The Balaban J connectivity index is 1.15. The van der Waals surface area contributed by atoms with Crippen LogP contribution in [0, 0.1) is 0 Å². The summed E-state index contributed by atoms with van der Waals surface area (Å²) in [5.74, 6) is 0. The summed E-state index contributed by atoms with van der Waals surface area (Å²) >= 11 is 0. The van der Waals surface area contributed by atoms with Gasteiger partial charge in [-0.15, -0.1) is 0 Å². The summed E-state index contributed by atoms with van der Waals surface area (Å²) in [6, 6.07) is 62.8. The summed E-state index contributed by atoms with van der Waals surface area (Å²) in [5, 5.41) is 2.51. The van der Waals surface area contributed by atoms with Crippen molar-refractivity contribution >= 4 is 38.8 Å². The molecular formula is C48H34N2. The molecule has 0 saturated carbocycles. The largest absolute Gasteiger partial charge is 0.309 e. The van der Waals surface area contributed by atoms with Gasteiger partial charge in [0.2, 0.25) is 0 Å². The third kappa shape index (κ3) is 5.10. The Kier molecular flexibility index (Phi) is 7.40. The first-order chi connectivity index (χ1) is 24.8. The molecule has 50 heavy (non-hydrogen) atoms. The molecule has 1 heterocycles. The predicted molar refractivity (Wildman–Crippen MR) is 212 cm³/mol. The summed E-state index contributed by atoms with van der Waals surface area (Å²) in [5.41, 5.74) is 16.2. The molecule has 0 spiro atoms. The normalized spacial score (nSPS) is 13.6. The molecular weight excluding hydrogens is 605 g/mol. The van der Waals surface area contributed by atoms with Crippen LogP contribution in [0.1, 0.15) is 22.3 Å². The first-order valence-electron chi connectivity index (χ1n) is 17.1. The van der Waals surface area contributed by atoms with Crippen molar-refractivity contribution in [1.29, 1.82) is 0 Å². The molecule has 7 aromatic carbocycles. The zero-order valence-electron chi connectivity index (χ0n) is 27.6. The minimum absolute atomic E-state index is 0.812. The van der Waals surface area contributed by atoms with E-state index in [0.29, 0.717) is 0 Å². The summed E-state index contributed by atoms with van der Waals surface area (Å²) < 4.78 is 2.37. The van der Waals surface area contributed by atoms with Crippen LogP contribution in [-0.4, -0.2) is 10.3 Å². The van der Waals surface area contributed by atoms with Crippen molar-refractivity contribution in [2.24, 2.45) is 4.99 Å². The molecule has 0 N–H and O–H groups in total. The molecule has 0 amide bonds. The lowest BCUT2D eigenvalue weighted by Gasteiger charge is -2.24. The summed E-state index contributed by atoms with van der Waals surface area (Å²) in [7, 11) is 0. The van der Waals surface area contributed by atoms with Gasteiger partial charge >= 0.3 is 0 Å². The van der Waals surface area contributed by atoms with Crippen molar-refractivity contribution in [3.63, 3.8) is 0 Å². The van der Waals surface area contributed by atoms with E-state index in [9.17, 15) is 0 Å². The SMILES string of the molecule is C=CC(=N/C(=C1\Cc2ccccc2-c2ccccc21)c1ccccc1)c1ccc(-c2ccc3c4ccccc4n(-c4ccccc4)c3c2)cc1. The number of benzene rings is 7. The zero-order chi connectivity index (χ0) is 33.4. The monoisotopic (exact) mass is 638 g/mol. The Morgan fingerprint density at radius 1 is 0.520 bits per heavy atom. The summed E-state index contributed by atoms with van der Waals surface area (Å²) in [6.45, 7) is 4.23. The number of hydrogen-bond acceptors (Lipinski definition) is 1. The molecule has 0 bridgehead atoms. The molecule has 0 atom stereocenters. The van der Waals surface area contributed by atoms with Gasteiger partial charge in [0.15, 0.2) is 0 Å². The summed E-state index contributed by atoms with van der Waals surface area (Å²) in [6.07, 6.45) is 2.69. The molecule has 2 nitrogen and oxygen atoms in total. The second-order valence-corrected chi connectivity index (χ2v) is 12.8. The highest BCUT2D eigenvalue weighted by molar-refractivity contribution is 6.13. The Hall–Kier alpha value is -6.51. The number of fused-ring (bicyclic) bond motifs is 6. The standard InChI is InChI=1S/C48H34N2/c1-2-45(49-48(35-15-5-3-6-16-35)44-31-37-17-9-10-20-39(37)40-21-11-12-22-41(40)44)34-27-25-33(26-28-34)36-29-30-43-42-23-13-14-24-46(42)50(47(43)32-36)38-18-7-4-8-19-38/h2-30,32H,1,31H2/b48-44+,49-45?. The highest BCUT2D eigenvalue weighted by atomic mass is 15.0. The van der Waals surface area contributed by atoms with Crippen LogP contribution in [0.15, 0.2) is 194 Å². The van der Waals surface area contributed by atoms with Gasteiger partial charge in [-0.2, -0.15) is 0 Å². The maximum absolute atomic E-state index is 5.42. The van der Waals surface area contributed by atoms with Crippen LogP contribution in [-0.2, 0) is 6.42 Å². The maximum Gasteiger partial charge on any atom is 0.0751 e. The molecule has 1 aliphatic rings. The lowest BCUT2D eigenvalue weighted by atomic mass is 9.81. The van der Waals surface area contributed by atoms with E-state index >= 15 is 0 Å². The average Bonchev–Trinajstić information content (AvgIpc) is 3.53. The second kappa shape index (κ2) is 12.5. The molecule has 9 rings (SSSR count). The molecule has 2 heteroatoms. The highest BCUT2D eigenvalue weighted by Crippen LogP contribution is 2.43. The predicted octanol–water partition coefficient (Wildman–Crippen LogP) is 12.2. The van der Waals surface area contributed by atoms with Crippen LogP contribution in [0.4, 0.5) is 0 Å². The smallest absolute Gasteiger partial charge is 0.0751 e. The number of aromatic nitrogens is 1. The van der Waals surface area contributed by atoms with Crippen molar-refractivity contribution < 1.29 is 0 Å². The van der Waals surface area contributed by atoms with Gasteiger partial charge in [-0.05, 0) is 69.3 Å². The lowest BCUT2D eigenvalue weighted by Crippen LogP contribution is -2.06. The Morgan fingerprint density at radius 2 is 1.14 bits per heavy atom. The van der Waals surface area contributed by atoms with Crippen molar-refractivity contribution in [2.75, 3.05) is 0 Å². The van der Waals surface area contributed by atoms with Gasteiger partial charge in [-0.1, -0.05) is 158 Å². The fourth-order valence-electron chi connectivity index (χ4n) is 7.50. The van der Waals surface area contributed by atoms with Gasteiger partial charge in [0.25, 0.3) is 0 Å². The fraction of sp³-hybridized carbons (Fsp3) is 0.0208. The molecule has 236 valence electrons. The molecule has 0 aliphatic heterocycles. The topological polar surface area (TPSA) is 17.3 Å². The number of hydrogen-bond donors (Lipinski definition) is 0. The molecule has 0 saturated heterocycles. The minimum Gasteiger partial charge on any atom is -0.309 e. The van der Waals surface area contributed by atoms with Crippen molar-refractivity contribution in [1.82, 2.24) is 4.57 Å². The average molecular weight is 639 g/mol. The van der Waals surface area contributed by atoms with E-state index in [1.165, 1.54) is 55.2 Å². The third-order valence-electron chi connectivity index (χ3n) is 9.89. The van der Waals surface area contributed by atoms with Crippen molar-refractivity contribution in [3.8, 4) is 27.9 Å². The number of rotatable bonds is 6. The summed E-state index contributed by atoms with van der Waals surface area (Å²) in [4.78, 5) is 5.42. The van der Waals surface area contributed by atoms with E-state index in [1.807, 2.05) is 6.08 Å². The molecule has 0 fully saturated rings. The van der Waals surface area contributed by atoms with E-state index in [-0.39, 0.29) is 0 Å². The highest BCUT2D eigenvalue weighted by Gasteiger charge is 2.23. The number of allylic oxidation sites excluding steroid dienone is 2. The van der Waals surface area contributed by atoms with Crippen LogP contribution in [0.5, 0.6) is 0 Å². The van der Waals surface area contributed by atoms with Crippen molar-refractivity contribution in [2.45, 2.75) is 6.42 Å². The molecule has 1 aromatic heterocycles. The molecule has 1 aliphatic carbocycles. The van der Waals surface area contributed by atoms with Gasteiger partial charge in [-0.25, -0.2) is 4.99 Å². The van der Waals surface area contributed by atoms with Gasteiger partial charge in [0, 0.05) is 34.0 Å². The Labute approximate surface area is 292 Å². The molecule has 8 aromatic rings. The van der Waals surface area contributed by atoms with E-state index in [2.05, 4.69) is 187 Å². The van der Waals surface area contributed by atoms with Crippen LogP contribution in [0.3, 0.4) is 0 Å². The van der Waals surface area contributed by atoms with Crippen LogP contribution in [0.25, 0.3) is 61.0 Å². The quantitative estimate of drug-likeness (QED) is 0.161. The second-order valence-electron chi connectivity index (χ2n) is 12.8. The van der Waals surface area contributed by atoms with Gasteiger partial charge in [0.05, 0.1) is 22.4 Å². The van der Waals surface area contributed by atoms with Crippen LogP contribution >= 0.6 is 0 Å². The zero-order valence-corrected chi connectivity index (χ0v) is 27.6. The lowest BCUT2D eigenvalue weighted by molar-refractivity contribution is 1.18. The van der Waals surface area contributed by atoms with Gasteiger partial charge in [0.1, 0.15) is 0 Å². The number of para-hydroxylation sites is 2. The first kappa shape index (κ1) is 29.6. The van der Waals surface area contributed by atoms with E-state index < -0.39 is 0 Å². The fourth-order valence-corrected chi connectivity index (χ4v) is 7.50. The van der Waals surface area contributed by atoms with E-state index in [1.54, 1.807) is 0 Å². The van der Waals surface area contributed by atoms with Crippen LogP contribution < -0.4 is 0 Å². The van der Waals surface area contributed by atoms with E-state index in [0.717, 1.165) is 40.2 Å². The number of nitrogens with zero attached hydrogens (tertiary/aromatic N) is 2. The third-order valence-corrected chi connectivity index (χ3v) is 9.89. The van der Waals surface area contributed by atoms with E-state index in [4.69, 9.17) is 4.99 Å². The van der Waals surface area contributed by atoms with Crippen molar-refractivity contribution in [3.05, 3.63) is 211 Å². The first-order valence-corrected chi connectivity index (χ1v) is 17.1.